The fourth-order valence-electron chi connectivity index (χ4n) is 1.09. The molecule has 0 aliphatic carbocycles. The third-order valence-corrected chi connectivity index (χ3v) is 1.81. The Hall–Kier alpha value is -1.00. The van der Waals surface area contributed by atoms with Gasteiger partial charge in [0, 0.05) is 24.5 Å². The number of fused-ring (bicyclic) bond motifs is 1. The molecule has 0 saturated carbocycles. The van der Waals surface area contributed by atoms with Gasteiger partial charge in [0.05, 0.1) is 5.69 Å². The van der Waals surface area contributed by atoms with Gasteiger partial charge in [-0.2, -0.15) is 0 Å². The van der Waals surface area contributed by atoms with E-state index < -0.39 is 5.37 Å². The lowest BCUT2D eigenvalue weighted by Crippen LogP contribution is -2.12. The molecule has 1 aliphatic heterocycles. The van der Waals surface area contributed by atoms with E-state index >= 15 is 0 Å². The molecule has 1 aliphatic rings. The second-order valence-electron chi connectivity index (χ2n) is 2.34. The monoisotopic (exact) mass is 171 g/mol. The highest BCUT2D eigenvalue weighted by Gasteiger charge is 2.13. The average Bonchev–Trinajstić information content (AvgIpc) is 2.40. The van der Waals surface area contributed by atoms with Crippen molar-refractivity contribution < 1.29 is 4.79 Å². The summed E-state index contributed by atoms with van der Waals surface area (Å²) >= 11 is 5.25. The number of carbonyl (C=O) groups excluding carboxylic acids is 1. The van der Waals surface area contributed by atoms with Gasteiger partial charge in [-0.25, -0.2) is 5.43 Å². The maximum Gasteiger partial charge on any atom is 0.324 e. The highest BCUT2D eigenvalue weighted by molar-refractivity contribution is 6.63. The Morgan fingerprint density at radius 3 is 3.09 bits per heavy atom. The standard InChI is InChI=1S/C6H6ClN3O/c7-6(11)10-2-4-1-8-9-5(4)3-10/h2-3,8-9H,1H2. The average molecular weight is 172 g/mol. The van der Waals surface area contributed by atoms with Crippen molar-refractivity contribution in [2.24, 2.45) is 0 Å². The first-order valence-corrected chi connectivity index (χ1v) is 3.55. The van der Waals surface area contributed by atoms with Crippen molar-refractivity contribution in [3.63, 3.8) is 0 Å². The molecule has 1 aromatic heterocycles. The Morgan fingerprint density at radius 1 is 1.64 bits per heavy atom. The predicted molar refractivity (Wildman–Crippen MR) is 41.5 cm³/mol. The molecule has 0 radical (unpaired) electrons. The normalized spacial score (nSPS) is 14.3. The molecule has 2 rings (SSSR count). The van der Waals surface area contributed by atoms with Crippen LogP contribution >= 0.6 is 11.6 Å². The minimum atomic E-state index is -0.485. The maximum atomic E-state index is 10.6. The van der Waals surface area contributed by atoms with Gasteiger partial charge >= 0.3 is 5.37 Å². The number of halogens is 1. The van der Waals surface area contributed by atoms with Gasteiger partial charge in [-0.1, -0.05) is 0 Å². The van der Waals surface area contributed by atoms with E-state index in [9.17, 15) is 4.79 Å². The quantitative estimate of drug-likeness (QED) is 0.576. The second kappa shape index (κ2) is 2.25. The Labute approximate surface area is 68.1 Å². The highest BCUT2D eigenvalue weighted by atomic mass is 35.5. The summed E-state index contributed by atoms with van der Waals surface area (Å²) in [6.45, 7) is 0.729. The van der Waals surface area contributed by atoms with E-state index in [-0.39, 0.29) is 0 Å². The van der Waals surface area contributed by atoms with Crippen LogP contribution in [-0.2, 0) is 6.54 Å². The largest absolute Gasteiger partial charge is 0.324 e. The first kappa shape index (κ1) is 6.69. The number of rotatable bonds is 0. The lowest BCUT2D eigenvalue weighted by Gasteiger charge is -1.94. The van der Waals surface area contributed by atoms with E-state index in [0.717, 1.165) is 17.8 Å². The number of carbonyl (C=O) groups is 1. The summed E-state index contributed by atoms with van der Waals surface area (Å²) in [5.41, 5.74) is 7.78. The number of nitrogens with one attached hydrogen (secondary N) is 2. The van der Waals surface area contributed by atoms with Crippen LogP contribution in [0.25, 0.3) is 0 Å². The fraction of sp³-hybridized carbons (Fsp3) is 0.167. The molecule has 0 atom stereocenters. The Balaban J connectivity index is 2.42. The van der Waals surface area contributed by atoms with Crippen molar-refractivity contribution in [3.8, 4) is 0 Å². The minimum Gasteiger partial charge on any atom is -0.319 e. The molecule has 2 heterocycles. The summed E-state index contributed by atoms with van der Waals surface area (Å²) < 4.78 is 1.35. The molecule has 11 heavy (non-hydrogen) atoms. The van der Waals surface area contributed by atoms with Crippen LogP contribution in [0.4, 0.5) is 10.5 Å². The smallest absolute Gasteiger partial charge is 0.319 e. The van der Waals surface area contributed by atoms with Crippen molar-refractivity contribution >= 4 is 22.7 Å². The van der Waals surface area contributed by atoms with Gasteiger partial charge in [0.2, 0.25) is 0 Å². The molecule has 2 N–H and O–H groups in total. The SMILES string of the molecule is O=C(Cl)n1cc2c(c1)NNC2. The van der Waals surface area contributed by atoms with Gasteiger partial charge in [-0.3, -0.25) is 9.36 Å². The molecule has 0 saturated heterocycles. The third kappa shape index (κ3) is 1.00. The molecule has 0 fully saturated rings. The van der Waals surface area contributed by atoms with Crippen molar-refractivity contribution in [1.82, 2.24) is 9.99 Å². The zero-order valence-corrected chi connectivity index (χ0v) is 6.35. The minimum absolute atomic E-state index is 0.485. The van der Waals surface area contributed by atoms with E-state index in [0.29, 0.717) is 0 Å². The first-order valence-electron chi connectivity index (χ1n) is 3.17. The van der Waals surface area contributed by atoms with E-state index in [2.05, 4.69) is 10.9 Å². The molecule has 0 amide bonds. The summed E-state index contributed by atoms with van der Waals surface area (Å²) in [7, 11) is 0. The van der Waals surface area contributed by atoms with Crippen LogP contribution in [0.3, 0.4) is 0 Å². The molecular weight excluding hydrogens is 166 g/mol. The zero-order valence-electron chi connectivity index (χ0n) is 5.60. The summed E-state index contributed by atoms with van der Waals surface area (Å²) in [6.07, 6.45) is 3.36. The van der Waals surface area contributed by atoms with Gasteiger partial charge in [0.25, 0.3) is 0 Å². The van der Waals surface area contributed by atoms with Crippen LogP contribution in [-0.4, -0.2) is 9.93 Å². The van der Waals surface area contributed by atoms with Gasteiger partial charge in [0.15, 0.2) is 0 Å². The number of hydrazine groups is 1. The first-order chi connectivity index (χ1) is 5.27. The number of anilines is 1. The number of aromatic nitrogens is 1. The maximum absolute atomic E-state index is 10.6. The molecule has 0 unspecified atom stereocenters. The van der Waals surface area contributed by atoms with Crippen LogP contribution in [0.2, 0.25) is 0 Å². The van der Waals surface area contributed by atoms with Crippen molar-refractivity contribution in [3.05, 3.63) is 18.0 Å². The van der Waals surface area contributed by atoms with Crippen LogP contribution in [0.1, 0.15) is 5.56 Å². The topological polar surface area (TPSA) is 46.1 Å². The number of nitrogens with zero attached hydrogens (tertiary/aromatic N) is 1. The van der Waals surface area contributed by atoms with E-state index in [1.54, 1.807) is 12.4 Å². The Morgan fingerprint density at radius 2 is 2.45 bits per heavy atom. The lowest BCUT2D eigenvalue weighted by atomic mass is 10.3. The molecule has 58 valence electrons. The summed E-state index contributed by atoms with van der Waals surface area (Å²) in [6, 6.07) is 0. The number of hydrogen-bond acceptors (Lipinski definition) is 3. The van der Waals surface area contributed by atoms with Gasteiger partial charge < -0.3 is 5.43 Å². The van der Waals surface area contributed by atoms with Gasteiger partial charge in [-0.05, 0) is 11.6 Å². The van der Waals surface area contributed by atoms with Gasteiger partial charge in [0.1, 0.15) is 0 Å². The van der Waals surface area contributed by atoms with Gasteiger partial charge in [-0.15, -0.1) is 0 Å². The molecule has 5 heteroatoms. The van der Waals surface area contributed by atoms with E-state index in [1.807, 2.05) is 0 Å². The van der Waals surface area contributed by atoms with Crippen LogP contribution in [0, 0.1) is 0 Å². The van der Waals surface area contributed by atoms with Crippen LogP contribution in [0.15, 0.2) is 12.4 Å². The Bertz CT molecular complexity index is 285. The third-order valence-electron chi connectivity index (χ3n) is 1.61. The highest BCUT2D eigenvalue weighted by Crippen LogP contribution is 2.20. The molecule has 4 nitrogen and oxygen atoms in total. The molecule has 0 spiro atoms. The molecule has 1 aromatic rings. The summed E-state index contributed by atoms with van der Waals surface area (Å²) in [4.78, 5) is 10.6. The van der Waals surface area contributed by atoms with Crippen LogP contribution < -0.4 is 10.9 Å². The fourth-order valence-corrected chi connectivity index (χ4v) is 1.18. The second-order valence-corrected chi connectivity index (χ2v) is 2.66. The van der Waals surface area contributed by atoms with Crippen molar-refractivity contribution in [2.75, 3.05) is 5.43 Å². The van der Waals surface area contributed by atoms with E-state index in [4.69, 9.17) is 11.6 Å². The molecular formula is C6H6ClN3O. The Kier molecular flexibility index (Phi) is 1.37. The van der Waals surface area contributed by atoms with Crippen molar-refractivity contribution in [2.45, 2.75) is 6.54 Å². The zero-order chi connectivity index (χ0) is 7.84. The number of hydrogen-bond donors (Lipinski definition) is 2. The molecule has 0 aromatic carbocycles. The van der Waals surface area contributed by atoms with Crippen molar-refractivity contribution in [1.29, 1.82) is 0 Å². The van der Waals surface area contributed by atoms with E-state index in [1.165, 1.54) is 4.57 Å². The predicted octanol–water partition coefficient (Wildman–Crippen LogP) is 1.13. The summed E-state index contributed by atoms with van der Waals surface area (Å²) in [5.74, 6) is 0. The van der Waals surface area contributed by atoms with Crippen LogP contribution in [0.5, 0.6) is 0 Å². The lowest BCUT2D eigenvalue weighted by molar-refractivity contribution is 0.261. The molecule has 0 bridgehead atoms. The summed E-state index contributed by atoms with van der Waals surface area (Å²) in [5, 5.41) is -0.485.